The molecule has 2 aromatic carbocycles. The van der Waals surface area contributed by atoms with Crippen LogP contribution in [0.15, 0.2) is 48.5 Å². The number of hydrogen-bond acceptors (Lipinski definition) is 2. The van der Waals surface area contributed by atoms with Crippen LogP contribution in [0, 0.1) is 18.7 Å². The molecule has 3 aromatic rings. The molecule has 1 amide bonds. The van der Waals surface area contributed by atoms with Gasteiger partial charge in [0.2, 0.25) is 0 Å². The van der Waals surface area contributed by atoms with Gasteiger partial charge < -0.3 is 5.32 Å². The second-order valence-corrected chi connectivity index (χ2v) is 7.73. The summed E-state index contributed by atoms with van der Waals surface area (Å²) in [7, 11) is 0. The average Bonchev–Trinajstić information content (AvgIpc) is 2.70. The minimum absolute atomic E-state index is 0.236. The summed E-state index contributed by atoms with van der Waals surface area (Å²) in [5.41, 5.74) is 2.51. The van der Waals surface area contributed by atoms with Gasteiger partial charge >= 0.3 is 0 Å². The molecule has 1 atom stereocenters. The van der Waals surface area contributed by atoms with Crippen molar-refractivity contribution >= 4 is 28.3 Å². The van der Waals surface area contributed by atoms with Gasteiger partial charge in [-0.2, -0.15) is 0 Å². The highest BCUT2D eigenvalue weighted by atomic mass is 19.1. The predicted octanol–water partition coefficient (Wildman–Crippen LogP) is 4.59. The van der Waals surface area contributed by atoms with Crippen LogP contribution in [0.1, 0.15) is 35.7 Å². The lowest BCUT2D eigenvalue weighted by molar-refractivity contribution is -0.331. The number of carbonyl (C=O) groups is 1. The Kier molecular flexibility index (Phi) is 4.99. The van der Waals surface area contributed by atoms with Crippen molar-refractivity contribution in [2.45, 2.75) is 26.7 Å². The smallest absolute Gasteiger partial charge is 0.275 e. The van der Waals surface area contributed by atoms with Gasteiger partial charge in [0.25, 0.3) is 11.7 Å². The Bertz CT molecular complexity index is 1030. The van der Waals surface area contributed by atoms with Crippen LogP contribution in [0.25, 0.3) is 10.9 Å². The number of anilines is 2. The van der Waals surface area contributed by atoms with E-state index in [4.69, 9.17) is 0 Å². The standard InChI is InChI=1S/C23H24FN3O/c1-15-6-5-11-27(14-15)22-13-19(18-7-3-4-8-21(18)26-22)23(28)25-17-10-9-16(2)20(24)12-17/h3-4,7-10,12-13,15H,5-6,11,14H2,1-2H3,(H,25,28)/p+1. The molecule has 1 aliphatic rings. The van der Waals surface area contributed by atoms with Gasteiger partial charge in [-0.15, -0.1) is 0 Å². The molecule has 1 aliphatic heterocycles. The third-order valence-electron chi connectivity index (χ3n) is 5.43. The monoisotopic (exact) mass is 378 g/mol. The van der Waals surface area contributed by atoms with E-state index in [9.17, 15) is 9.18 Å². The van der Waals surface area contributed by atoms with Crippen molar-refractivity contribution in [1.29, 1.82) is 0 Å². The molecule has 1 aromatic heterocycles. The highest BCUT2D eigenvalue weighted by Crippen LogP contribution is 2.25. The Morgan fingerprint density at radius 2 is 2.04 bits per heavy atom. The number of nitrogens with one attached hydrogen (secondary N) is 2. The number of aromatic amines is 1. The number of para-hydroxylation sites is 1. The molecule has 144 valence electrons. The van der Waals surface area contributed by atoms with Crippen LogP contribution in [0.4, 0.5) is 15.9 Å². The number of piperidine rings is 1. The minimum Gasteiger partial charge on any atom is -0.322 e. The van der Waals surface area contributed by atoms with E-state index in [-0.39, 0.29) is 11.7 Å². The van der Waals surface area contributed by atoms with Crippen LogP contribution < -0.4 is 15.2 Å². The zero-order chi connectivity index (χ0) is 19.7. The maximum Gasteiger partial charge on any atom is 0.275 e. The van der Waals surface area contributed by atoms with E-state index in [0.29, 0.717) is 22.7 Å². The number of benzene rings is 2. The van der Waals surface area contributed by atoms with Crippen molar-refractivity contribution in [2.75, 3.05) is 23.3 Å². The summed E-state index contributed by atoms with van der Waals surface area (Å²) in [6.07, 6.45) is 2.38. The first-order valence-corrected chi connectivity index (χ1v) is 9.79. The average molecular weight is 378 g/mol. The Hall–Kier alpha value is -2.95. The van der Waals surface area contributed by atoms with Crippen molar-refractivity contribution in [2.24, 2.45) is 5.92 Å². The fourth-order valence-corrected chi connectivity index (χ4v) is 3.85. The second-order valence-electron chi connectivity index (χ2n) is 7.73. The highest BCUT2D eigenvalue weighted by molar-refractivity contribution is 6.12. The molecule has 0 saturated carbocycles. The Labute approximate surface area is 164 Å². The molecule has 4 rings (SSSR count). The number of H-pyrrole nitrogens is 1. The Balaban J connectivity index is 1.71. The van der Waals surface area contributed by atoms with E-state index in [0.717, 1.165) is 36.2 Å². The minimum atomic E-state index is -0.327. The first kappa shape index (κ1) is 18.4. The largest absolute Gasteiger partial charge is 0.322 e. The summed E-state index contributed by atoms with van der Waals surface area (Å²) in [6, 6.07) is 14.5. The first-order valence-electron chi connectivity index (χ1n) is 9.79. The molecule has 0 aliphatic carbocycles. The summed E-state index contributed by atoms with van der Waals surface area (Å²) in [5, 5.41) is 3.69. The SMILES string of the molecule is Cc1ccc(NC(=O)c2cc(N3CCCC(C)C3)[nH+]c3ccccc23)cc1F. The number of halogens is 1. The fourth-order valence-electron chi connectivity index (χ4n) is 3.85. The van der Waals surface area contributed by atoms with E-state index in [1.54, 1.807) is 19.1 Å². The number of pyridine rings is 1. The van der Waals surface area contributed by atoms with Gasteiger partial charge in [-0.05, 0) is 55.5 Å². The van der Waals surface area contributed by atoms with Crippen LogP contribution in [0.2, 0.25) is 0 Å². The Morgan fingerprint density at radius 3 is 2.82 bits per heavy atom. The normalized spacial score (nSPS) is 17.0. The lowest BCUT2D eigenvalue weighted by Gasteiger charge is -2.26. The van der Waals surface area contributed by atoms with Crippen LogP contribution >= 0.6 is 0 Å². The van der Waals surface area contributed by atoms with Crippen molar-refractivity contribution in [3.05, 3.63) is 65.5 Å². The molecule has 1 saturated heterocycles. The number of aryl methyl sites for hydroxylation is 1. The van der Waals surface area contributed by atoms with Gasteiger partial charge in [-0.25, -0.2) is 9.37 Å². The zero-order valence-corrected chi connectivity index (χ0v) is 16.3. The van der Waals surface area contributed by atoms with E-state index in [1.807, 2.05) is 30.3 Å². The number of fused-ring (bicyclic) bond motifs is 1. The van der Waals surface area contributed by atoms with Crippen LogP contribution in [-0.2, 0) is 0 Å². The maximum atomic E-state index is 13.9. The van der Waals surface area contributed by atoms with Crippen molar-refractivity contribution in [3.63, 3.8) is 0 Å². The fraction of sp³-hybridized carbons (Fsp3) is 0.304. The molecular weight excluding hydrogens is 353 g/mol. The summed E-state index contributed by atoms with van der Waals surface area (Å²) in [5.74, 6) is 1.01. The molecule has 28 heavy (non-hydrogen) atoms. The summed E-state index contributed by atoms with van der Waals surface area (Å²) >= 11 is 0. The van der Waals surface area contributed by atoms with E-state index in [2.05, 4.69) is 22.1 Å². The zero-order valence-electron chi connectivity index (χ0n) is 16.3. The number of nitrogens with zero attached hydrogens (tertiary/aromatic N) is 1. The molecule has 0 spiro atoms. The van der Waals surface area contributed by atoms with Gasteiger partial charge in [0.15, 0.2) is 0 Å². The van der Waals surface area contributed by atoms with E-state index >= 15 is 0 Å². The highest BCUT2D eigenvalue weighted by Gasteiger charge is 2.26. The topological polar surface area (TPSA) is 46.5 Å². The van der Waals surface area contributed by atoms with Crippen LogP contribution in [0.5, 0.6) is 0 Å². The van der Waals surface area contributed by atoms with Gasteiger partial charge in [0, 0.05) is 17.1 Å². The third kappa shape index (κ3) is 3.70. The maximum absolute atomic E-state index is 13.9. The summed E-state index contributed by atoms with van der Waals surface area (Å²) < 4.78 is 13.9. The van der Waals surface area contributed by atoms with Crippen molar-refractivity contribution in [3.8, 4) is 0 Å². The molecule has 0 radical (unpaired) electrons. The van der Waals surface area contributed by atoms with Crippen LogP contribution in [0.3, 0.4) is 0 Å². The molecule has 2 heterocycles. The van der Waals surface area contributed by atoms with Gasteiger partial charge in [0.05, 0.1) is 18.7 Å². The van der Waals surface area contributed by atoms with Gasteiger partial charge in [-0.1, -0.05) is 25.1 Å². The third-order valence-corrected chi connectivity index (χ3v) is 5.43. The summed E-state index contributed by atoms with van der Waals surface area (Å²) in [6.45, 7) is 5.91. The molecule has 5 heteroatoms. The second kappa shape index (κ2) is 7.58. The molecular formula is C23H25FN3O+. The van der Waals surface area contributed by atoms with E-state index < -0.39 is 0 Å². The number of hydrogen-bond donors (Lipinski definition) is 1. The molecule has 0 bridgehead atoms. The predicted molar refractivity (Wildman–Crippen MR) is 110 cm³/mol. The lowest BCUT2D eigenvalue weighted by Crippen LogP contribution is -2.38. The molecule has 4 nitrogen and oxygen atoms in total. The number of carbonyl (C=O) groups excluding carboxylic acids is 1. The number of rotatable bonds is 3. The Morgan fingerprint density at radius 1 is 1.21 bits per heavy atom. The summed E-state index contributed by atoms with van der Waals surface area (Å²) in [4.78, 5) is 18.8. The number of amides is 1. The number of aromatic nitrogens is 1. The lowest BCUT2D eigenvalue weighted by atomic mass is 10.00. The van der Waals surface area contributed by atoms with Crippen molar-refractivity contribution in [1.82, 2.24) is 0 Å². The molecule has 1 unspecified atom stereocenters. The van der Waals surface area contributed by atoms with E-state index in [1.165, 1.54) is 12.5 Å². The van der Waals surface area contributed by atoms with Gasteiger partial charge in [0.1, 0.15) is 11.3 Å². The molecule has 2 N–H and O–H groups in total. The van der Waals surface area contributed by atoms with Crippen LogP contribution in [-0.4, -0.2) is 19.0 Å². The van der Waals surface area contributed by atoms with Gasteiger partial charge in [-0.3, -0.25) is 9.69 Å². The molecule has 1 fully saturated rings. The van der Waals surface area contributed by atoms with Crippen molar-refractivity contribution < 1.29 is 14.2 Å². The quantitative estimate of drug-likeness (QED) is 0.725. The first-order chi connectivity index (χ1) is 13.5.